The number of halogens is 1. The fourth-order valence-corrected chi connectivity index (χ4v) is 2.48. The van der Waals surface area contributed by atoms with Crippen LogP contribution in [-0.2, 0) is 12.8 Å². The summed E-state index contributed by atoms with van der Waals surface area (Å²) in [6.07, 6.45) is 1.83. The van der Waals surface area contributed by atoms with E-state index in [4.69, 9.17) is 11.6 Å². The number of hydrogen-bond acceptors (Lipinski definition) is 2. The molecule has 2 aromatic rings. The third-order valence-electron chi connectivity index (χ3n) is 3.16. The van der Waals surface area contributed by atoms with Gasteiger partial charge in [0.15, 0.2) is 5.82 Å². The molecule has 2 nitrogen and oxygen atoms in total. The van der Waals surface area contributed by atoms with Crippen molar-refractivity contribution in [3.8, 4) is 11.4 Å². The summed E-state index contributed by atoms with van der Waals surface area (Å²) in [5.74, 6) is 0.729. The van der Waals surface area contributed by atoms with E-state index in [1.807, 2.05) is 19.1 Å². The minimum atomic E-state index is 0.575. The van der Waals surface area contributed by atoms with Crippen LogP contribution in [0, 0.1) is 6.92 Å². The molecule has 2 rings (SSSR count). The van der Waals surface area contributed by atoms with Crippen molar-refractivity contribution < 1.29 is 0 Å². The third-order valence-corrected chi connectivity index (χ3v) is 3.47. The van der Waals surface area contributed by atoms with E-state index in [0.29, 0.717) is 5.15 Å². The van der Waals surface area contributed by atoms with Crippen LogP contribution < -0.4 is 0 Å². The van der Waals surface area contributed by atoms with Gasteiger partial charge in [-0.1, -0.05) is 49.7 Å². The molecule has 1 heterocycles. The average molecular weight is 261 g/mol. The van der Waals surface area contributed by atoms with Gasteiger partial charge in [0.1, 0.15) is 5.15 Å². The molecule has 0 spiro atoms. The second-order valence-electron chi connectivity index (χ2n) is 4.27. The van der Waals surface area contributed by atoms with Crippen LogP contribution >= 0.6 is 11.6 Å². The predicted octanol–water partition coefficient (Wildman–Crippen LogP) is 4.23. The van der Waals surface area contributed by atoms with Gasteiger partial charge in [0, 0.05) is 16.8 Å². The molecule has 1 aromatic heterocycles. The Morgan fingerprint density at radius 1 is 1.06 bits per heavy atom. The zero-order valence-corrected chi connectivity index (χ0v) is 11.8. The van der Waals surface area contributed by atoms with E-state index in [1.54, 1.807) is 0 Å². The maximum atomic E-state index is 6.23. The first-order valence-electron chi connectivity index (χ1n) is 6.28. The topological polar surface area (TPSA) is 25.8 Å². The second kappa shape index (κ2) is 5.49. The maximum Gasteiger partial charge on any atom is 0.161 e. The van der Waals surface area contributed by atoms with E-state index in [1.165, 1.54) is 5.56 Å². The van der Waals surface area contributed by atoms with Gasteiger partial charge in [-0.3, -0.25) is 0 Å². The summed E-state index contributed by atoms with van der Waals surface area (Å²) < 4.78 is 0. The molecule has 0 saturated carbocycles. The van der Waals surface area contributed by atoms with Crippen LogP contribution in [0.2, 0.25) is 5.15 Å². The quantitative estimate of drug-likeness (QED) is 0.772. The van der Waals surface area contributed by atoms with Crippen molar-refractivity contribution in [1.29, 1.82) is 0 Å². The highest BCUT2D eigenvalue weighted by Gasteiger charge is 2.11. The summed E-state index contributed by atoms with van der Waals surface area (Å²) in [5.41, 5.74) is 4.33. The van der Waals surface area contributed by atoms with Gasteiger partial charge in [0.05, 0.1) is 0 Å². The average Bonchev–Trinajstić information content (AvgIpc) is 2.38. The van der Waals surface area contributed by atoms with Crippen molar-refractivity contribution in [2.24, 2.45) is 0 Å². The Kier molecular flexibility index (Phi) is 3.97. The molecule has 1 aromatic carbocycles. The lowest BCUT2D eigenvalue weighted by Gasteiger charge is -2.10. The summed E-state index contributed by atoms with van der Waals surface area (Å²) in [5, 5.41) is 0.575. The largest absolute Gasteiger partial charge is 0.233 e. The van der Waals surface area contributed by atoms with E-state index in [9.17, 15) is 0 Å². The first-order valence-corrected chi connectivity index (χ1v) is 6.66. The van der Waals surface area contributed by atoms with Gasteiger partial charge < -0.3 is 0 Å². The minimum Gasteiger partial charge on any atom is -0.233 e. The second-order valence-corrected chi connectivity index (χ2v) is 4.62. The lowest BCUT2D eigenvalue weighted by molar-refractivity contribution is 0.996. The van der Waals surface area contributed by atoms with E-state index < -0.39 is 0 Å². The van der Waals surface area contributed by atoms with Crippen LogP contribution in [0.15, 0.2) is 24.3 Å². The molecule has 94 valence electrons. The van der Waals surface area contributed by atoms with Gasteiger partial charge in [0.25, 0.3) is 0 Å². The Morgan fingerprint density at radius 2 is 1.78 bits per heavy atom. The molecule has 0 aliphatic heterocycles. The molecule has 0 aliphatic rings. The maximum absolute atomic E-state index is 6.23. The zero-order valence-electron chi connectivity index (χ0n) is 11.0. The molecular weight excluding hydrogens is 244 g/mol. The van der Waals surface area contributed by atoms with Crippen LogP contribution in [0.25, 0.3) is 11.4 Å². The van der Waals surface area contributed by atoms with Gasteiger partial charge in [-0.05, 0) is 25.3 Å². The van der Waals surface area contributed by atoms with Crippen LogP contribution in [0.5, 0.6) is 0 Å². The van der Waals surface area contributed by atoms with E-state index >= 15 is 0 Å². The van der Waals surface area contributed by atoms with Crippen molar-refractivity contribution in [3.05, 3.63) is 46.2 Å². The number of nitrogens with zero attached hydrogens (tertiary/aromatic N) is 2. The van der Waals surface area contributed by atoms with Gasteiger partial charge in [0.2, 0.25) is 0 Å². The minimum absolute atomic E-state index is 0.575. The summed E-state index contributed by atoms with van der Waals surface area (Å²) in [6, 6.07) is 8.21. The standard InChI is InChI=1S/C15H17ClN2/c1-4-11-8-6-7-9-13(11)15-17-10(3)12(5-2)14(16)18-15/h6-9H,4-5H2,1-3H3. The van der Waals surface area contributed by atoms with Crippen LogP contribution in [0.3, 0.4) is 0 Å². The Morgan fingerprint density at radius 3 is 2.39 bits per heavy atom. The van der Waals surface area contributed by atoms with Crippen molar-refractivity contribution in [2.75, 3.05) is 0 Å². The Balaban J connectivity index is 2.58. The van der Waals surface area contributed by atoms with E-state index in [-0.39, 0.29) is 0 Å². The van der Waals surface area contributed by atoms with Gasteiger partial charge in [-0.2, -0.15) is 0 Å². The SMILES string of the molecule is CCc1ccccc1-c1nc(C)c(CC)c(Cl)n1. The van der Waals surface area contributed by atoms with Gasteiger partial charge >= 0.3 is 0 Å². The van der Waals surface area contributed by atoms with Crippen molar-refractivity contribution in [3.63, 3.8) is 0 Å². The fraction of sp³-hybridized carbons (Fsp3) is 0.333. The van der Waals surface area contributed by atoms with E-state index in [0.717, 1.165) is 35.5 Å². The zero-order chi connectivity index (χ0) is 13.1. The molecular formula is C15H17ClN2. The molecule has 0 saturated heterocycles. The lowest BCUT2D eigenvalue weighted by Crippen LogP contribution is -2.00. The molecule has 0 bridgehead atoms. The molecule has 0 amide bonds. The fourth-order valence-electron chi connectivity index (χ4n) is 2.13. The molecule has 0 radical (unpaired) electrons. The lowest BCUT2D eigenvalue weighted by atomic mass is 10.0. The monoisotopic (exact) mass is 260 g/mol. The molecule has 0 unspecified atom stereocenters. The summed E-state index contributed by atoms with van der Waals surface area (Å²) in [7, 11) is 0. The molecule has 3 heteroatoms. The smallest absolute Gasteiger partial charge is 0.161 e. The molecule has 0 aliphatic carbocycles. The molecule has 0 fully saturated rings. The number of benzene rings is 1. The molecule has 18 heavy (non-hydrogen) atoms. The van der Waals surface area contributed by atoms with Crippen molar-refractivity contribution in [2.45, 2.75) is 33.6 Å². The van der Waals surface area contributed by atoms with Crippen molar-refractivity contribution >= 4 is 11.6 Å². The normalized spacial score (nSPS) is 10.7. The van der Waals surface area contributed by atoms with Crippen LogP contribution in [-0.4, -0.2) is 9.97 Å². The Bertz CT molecular complexity index is 541. The number of hydrogen-bond donors (Lipinski definition) is 0. The van der Waals surface area contributed by atoms with Crippen LogP contribution in [0.1, 0.15) is 30.7 Å². The number of rotatable bonds is 3. The van der Waals surface area contributed by atoms with E-state index in [2.05, 4.69) is 35.9 Å². The molecule has 0 N–H and O–H groups in total. The first kappa shape index (κ1) is 13.0. The molecule has 0 atom stereocenters. The Labute approximate surface area is 113 Å². The first-order chi connectivity index (χ1) is 8.67. The summed E-state index contributed by atoms with van der Waals surface area (Å²) >= 11 is 6.23. The predicted molar refractivity (Wildman–Crippen MR) is 76.0 cm³/mol. The van der Waals surface area contributed by atoms with Crippen molar-refractivity contribution in [1.82, 2.24) is 9.97 Å². The van der Waals surface area contributed by atoms with Gasteiger partial charge in [-0.15, -0.1) is 0 Å². The van der Waals surface area contributed by atoms with Gasteiger partial charge in [-0.25, -0.2) is 9.97 Å². The highest BCUT2D eigenvalue weighted by molar-refractivity contribution is 6.30. The highest BCUT2D eigenvalue weighted by Crippen LogP contribution is 2.25. The summed E-state index contributed by atoms with van der Waals surface area (Å²) in [6.45, 7) is 6.19. The summed E-state index contributed by atoms with van der Waals surface area (Å²) in [4.78, 5) is 9.03. The third kappa shape index (κ3) is 2.39. The number of aromatic nitrogens is 2. The number of aryl methyl sites for hydroxylation is 2. The highest BCUT2D eigenvalue weighted by atomic mass is 35.5. The Hall–Kier alpha value is -1.41. The van der Waals surface area contributed by atoms with Crippen LogP contribution in [0.4, 0.5) is 0 Å².